The second-order valence-electron chi connectivity index (χ2n) is 3.31. The van der Waals surface area contributed by atoms with Gasteiger partial charge in [-0.25, -0.2) is 9.97 Å². The molecule has 0 saturated heterocycles. The molecule has 0 bridgehead atoms. The SMILES string of the molecule is COc1ccc(OC)c2nc(C#N)c(C#N)nc12. The molecule has 0 N–H and O–H groups in total. The number of fused-ring (bicyclic) bond motifs is 1. The summed E-state index contributed by atoms with van der Waals surface area (Å²) in [6.45, 7) is 0. The summed E-state index contributed by atoms with van der Waals surface area (Å²) in [6, 6.07) is 7.01. The maximum absolute atomic E-state index is 8.92. The molecule has 0 fully saturated rings. The standard InChI is InChI=1S/C12H8N4O2/c1-17-9-3-4-10(18-2)12-11(9)15-7(5-13)8(6-14)16-12/h3-4H,1-2H3. The molecule has 0 spiro atoms. The van der Waals surface area contributed by atoms with Gasteiger partial charge in [-0.15, -0.1) is 0 Å². The molecule has 2 aromatic rings. The average molecular weight is 240 g/mol. The Morgan fingerprint density at radius 1 is 0.889 bits per heavy atom. The van der Waals surface area contributed by atoms with Crippen molar-refractivity contribution < 1.29 is 9.47 Å². The van der Waals surface area contributed by atoms with Crippen molar-refractivity contribution in [1.82, 2.24) is 9.97 Å². The third-order valence-corrected chi connectivity index (χ3v) is 2.40. The molecule has 6 nitrogen and oxygen atoms in total. The van der Waals surface area contributed by atoms with Crippen molar-refractivity contribution in [2.24, 2.45) is 0 Å². The summed E-state index contributed by atoms with van der Waals surface area (Å²) in [5.74, 6) is 0.943. The lowest BCUT2D eigenvalue weighted by Gasteiger charge is -2.08. The Balaban J connectivity index is 2.91. The maximum atomic E-state index is 8.92. The van der Waals surface area contributed by atoms with Gasteiger partial charge >= 0.3 is 0 Å². The van der Waals surface area contributed by atoms with Gasteiger partial charge in [0, 0.05) is 0 Å². The number of hydrogen-bond acceptors (Lipinski definition) is 6. The van der Waals surface area contributed by atoms with Crippen LogP contribution in [0.1, 0.15) is 11.4 Å². The topological polar surface area (TPSA) is 91.8 Å². The van der Waals surface area contributed by atoms with Gasteiger partial charge in [-0.05, 0) is 12.1 Å². The van der Waals surface area contributed by atoms with Gasteiger partial charge in [0.2, 0.25) is 0 Å². The van der Waals surface area contributed by atoms with Crippen molar-refractivity contribution in [2.75, 3.05) is 14.2 Å². The fraction of sp³-hybridized carbons (Fsp3) is 0.167. The molecule has 1 heterocycles. The first-order valence-corrected chi connectivity index (χ1v) is 4.98. The molecule has 6 heteroatoms. The van der Waals surface area contributed by atoms with Gasteiger partial charge in [0.25, 0.3) is 0 Å². The van der Waals surface area contributed by atoms with Crippen LogP contribution in [0.3, 0.4) is 0 Å². The van der Waals surface area contributed by atoms with Crippen LogP contribution in [0.15, 0.2) is 12.1 Å². The van der Waals surface area contributed by atoms with E-state index >= 15 is 0 Å². The highest BCUT2D eigenvalue weighted by Gasteiger charge is 2.15. The first-order chi connectivity index (χ1) is 8.74. The zero-order chi connectivity index (χ0) is 13.1. The molecule has 18 heavy (non-hydrogen) atoms. The lowest BCUT2D eigenvalue weighted by atomic mass is 10.2. The van der Waals surface area contributed by atoms with Crippen molar-refractivity contribution in [2.45, 2.75) is 0 Å². The van der Waals surface area contributed by atoms with Gasteiger partial charge in [0.15, 0.2) is 11.4 Å². The fourth-order valence-corrected chi connectivity index (χ4v) is 1.57. The highest BCUT2D eigenvalue weighted by atomic mass is 16.5. The van der Waals surface area contributed by atoms with E-state index in [0.717, 1.165) is 0 Å². The minimum Gasteiger partial charge on any atom is -0.494 e. The molecule has 0 saturated carbocycles. The molecule has 0 unspecified atom stereocenters. The van der Waals surface area contributed by atoms with Crippen LogP contribution in [-0.2, 0) is 0 Å². The van der Waals surface area contributed by atoms with E-state index in [1.165, 1.54) is 14.2 Å². The van der Waals surface area contributed by atoms with E-state index < -0.39 is 0 Å². The summed E-state index contributed by atoms with van der Waals surface area (Å²) >= 11 is 0. The van der Waals surface area contributed by atoms with Crippen molar-refractivity contribution in [3.8, 4) is 23.6 Å². The Bertz CT molecular complexity index is 637. The molecule has 2 rings (SSSR count). The first kappa shape index (κ1) is 11.6. The molecule has 0 aliphatic rings. The number of methoxy groups -OCH3 is 2. The van der Waals surface area contributed by atoms with Crippen molar-refractivity contribution in [3.63, 3.8) is 0 Å². The lowest BCUT2D eigenvalue weighted by molar-refractivity contribution is 0.409. The summed E-state index contributed by atoms with van der Waals surface area (Å²) in [5.41, 5.74) is 0.730. The first-order valence-electron chi connectivity index (χ1n) is 4.98. The monoisotopic (exact) mass is 240 g/mol. The van der Waals surface area contributed by atoms with Crippen LogP contribution in [0.4, 0.5) is 0 Å². The predicted molar refractivity (Wildman–Crippen MR) is 62.1 cm³/mol. The highest BCUT2D eigenvalue weighted by molar-refractivity contribution is 5.87. The Kier molecular flexibility index (Phi) is 2.94. The Morgan fingerprint density at radius 2 is 1.28 bits per heavy atom. The molecular formula is C12H8N4O2. The fourth-order valence-electron chi connectivity index (χ4n) is 1.57. The van der Waals surface area contributed by atoms with Crippen molar-refractivity contribution in [3.05, 3.63) is 23.5 Å². The largest absolute Gasteiger partial charge is 0.494 e. The molecule has 0 aliphatic heterocycles. The van der Waals surface area contributed by atoms with E-state index in [1.807, 2.05) is 12.1 Å². The third kappa shape index (κ3) is 1.66. The van der Waals surface area contributed by atoms with Crippen LogP contribution in [0.25, 0.3) is 11.0 Å². The lowest BCUT2D eigenvalue weighted by Crippen LogP contribution is -1.99. The van der Waals surface area contributed by atoms with Crippen molar-refractivity contribution >= 4 is 11.0 Å². The number of aromatic nitrogens is 2. The van der Waals surface area contributed by atoms with Crippen LogP contribution in [0, 0.1) is 22.7 Å². The third-order valence-electron chi connectivity index (χ3n) is 2.40. The minimum atomic E-state index is -0.0310. The van der Waals surface area contributed by atoms with E-state index in [0.29, 0.717) is 22.5 Å². The molecule has 0 amide bonds. The van der Waals surface area contributed by atoms with Crippen LogP contribution >= 0.6 is 0 Å². The van der Waals surface area contributed by atoms with Gasteiger partial charge in [0.1, 0.15) is 34.7 Å². The van der Waals surface area contributed by atoms with Crippen LogP contribution in [0.2, 0.25) is 0 Å². The van der Waals surface area contributed by atoms with Gasteiger partial charge < -0.3 is 9.47 Å². The van der Waals surface area contributed by atoms with Crippen LogP contribution in [-0.4, -0.2) is 24.2 Å². The smallest absolute Gasteiger partial charge is 0.177 e. The summed E-state index contributed by atoms with van der Waals surface area (Å²) in [7, 11) is 2.99. The maximum Gasteiger partial charge on any atom is 0.177 e. The van der Waals surface area contributed by atoms with E-state index in [-0.39, 0.29) is 11.4 Å². The second kappa shape index (κ2) is 4.56. The molecule has 0 atom stereocenters. The summed E-state index contributed by atoms with van der Waals surface area (Å²) in [4.78, 5) is 8.19. The summed E-state index contributed by atoms with van der Waals surface area (Å²) in [6.07, 6.45) is 0. The Morgan fingerprint density at radius 3 is 1.56 bits per heavy atom. The number of benzene rings is 1. The second-order valence-corrected chi connectivity index (χ2v) is 3.31. The number of ether oxygens (including phenoxy) is 2. The Hall–Kier alpha value is -2.86. The van der Waals surface area contributed by atoms with Crippen LogP contribution in [0.5, 0.6) is 11.5 Å². The van der Waals surface area contributed by atoms with E-state index in [4.69, 9.17) is 20.0 Å². The number of hydrogen-bond donors (Lipinski definition) is 0. The number of rotatable bonds is 2. The normalized spacial score (nSPS) is 9.56. The van der Waals surface area contributed by atoms with Crippen LogP contribution < -0.4 is 9.47 Å². The zero-order valence-corrected chi connectivity index (χ0v) is 9.76. The number of nitriles is 2. The quantitative estimate of drug-likeness (QED) is 0.787. The molecule has 1 aromatic carbocycles. The molecular weight excluding hydrogens is 232 g/mol. The zero-order valence-electron chi connectivity index (χ0n) is 9.76. The van der Waals surface area contributed by atoms with E-state index in [2.05, 4.69) is 9.97 Å². The van der Waals surface area contributed by atoms with E-state index in [1.54, 1.807) is 12.1 Å². The van der Waals surface area contributed by atoms with Crippen molar-refractivity contribution in [1.29, 1.82) is 10.5 Å². The summed E-state index contributed by atoms with van der Waals surface area (Å²) in [5, 5.41) is 17.8. The Labute approximate surface area is 103 Å². The number of nitrogens with zero attached hydrogens (tertiary/aromatic N) is 4. The van der Waals surface area contributed by atoms with Gasteiger partial charge in [0.05, 0.1) is 14.2 Å². The molecule has 88 valence electrons. The highest BCUT2D eigenvalue weighted by Crippen LogP contribution is 2.30. The average Bonchev–Trinajstić information content (AvgIpc) is 2.44. The minimum absolute atomic E-state index is 0.0310. The van der Waals surface area contributed by atoms with Gasteiger partial charge in [-0.2, -0.15) is 10.5 Å². The summed E-state index contributed by atoms with van der Waals surface area (Å²) < 4.78 is 10.3. The van der Waals surface area contributed by atoms with Gasteiger partial charge in [-0.1, -0.05) is 0 Å². The predicted octanol–water partition coefficient (Wildman–Crippen LogP) is 1.39. The van der Waals surface area contributed by atoms with E-state index in [9.17, 15) is 0 Å². The molecule has 0 aliphatic carbocycles. The molecule has 0 radical (unpaired) electrons. The molecule has 1 aromatic heterocycles. The van der Waals surface area contributed by atoms with Gasteiger partial charge in [-0.3, -0.25) is 0 Å².